The van der Waals surface area contributed by atoms with Crippen LogP contribution in [0.3, 0.4) is 0 Å². The molecule has 2 aromatic heterocycles. The molecule has 0 unspecified atom stereocenters. The fourth-order valence-electron chi connectivity index (χ4n) is 3.50. The minimum atomic E-state index is -0.934. The van der Waals surface area contributed by atoms with E-state index in [4.69, 9.17) is 26.3 Å². The first kappa shape index (κ1) is 21.4. The number of aromatic hydroxyl groups is 1. The summed E-state index contributed by atoms with van der Waals surface area (Å²) in [5.41, 5.74) is 0.399. The molecule has 32 heavy (non-hydrogen) atoms. The lowest BCUT2D eigenvalue weighted by molar-refractivity contribution is 0.387. The molecule has 162 valence electrons. The summed E-state index contributed by atoms with van der Waals surface area (Å²) >= 11 is 6.34. The molecule has 0 aliphatic carbocycles. The van der Waals surface area contributed by atoms with Gasteiger partial charge in [-0.25, -0.2) is 13.8 Å². The number of pyridine rings is 1. The Morgan fingerprint density at radius 3 is 2.47 bits per heavy atom. The lowest BCUT2D eigenvalue weighted by Crippen LogP contribution is -2.00. The monoisotopic (exact) mass is 455 g/mol. The zero-order valence-electron chi connectivity index (χ0n) is 17.0. The molecule has 4 aromatic rings. The molecule has 0 saturated carbocycles. The number of fused-ring (bicyclic) bond motifs is 1. The maximum Gasteiger partial charge on any atom is 0.202 e. The van der Waals surface area contributed by atoms with Gasteiger partial charge in [0.2, 0.25) is 5.88 Å². The SMILES string of the molecule is COc1ccc(Cn2cc3nc(-c4c(F)cc(C#N)cc4F)cc(Cl)c3c2O)c(OC)c1. The van der Waals surface area contributed by atoms with Crippen molar-refractivity contribution in [1.82, 2.24) is 9.55 Å². The van der Waals surface area contributed by atoms with E-state index in [0.717, 1.165) is 17.7 Å². The topological polar surface area (TPSA) is 80.3 Å². The Labute approximate surface area is 186 Å². The molecule has 2 aromatic carbocycles. The van der Waals surface area contributed by atoms with E-state index in [2.05, 4.69) is 4.98 Å². The molecule has 4 rings (SSSR count). The van der Waals surface area contributed by atoms with Gasteiger partial charge >= 0.3 is 0 Å². The van der Waals surface area contributed by atoms with Crippen molar-refractivity contribution in [3.63, 3.8) is 0 Å². The van der Waals surface area contributed by atoms with Crippen molar-refractivity contribution >= 4 is 22.5 Å². The Bertz CT molecular complexity index is 1370. The second-order valence-corrected chi connectivity index (χ2v) is 7.34. The molecule has 2 heterocycles. The Morgan fingerprint density at radius 2 is 1.84 bits per heavy atom. The van der Waals surface area contributed by atoms with Crippen molar-refractivity contribution in [2.45, 2.75) is 6.54 Å². The van der Waals surface area contributed by atoms with E-state index < -0.39 is 17.2 Å². The summed E-state index contributed by atoms with van der Waals surface area (Å²) in [6.07, 6.45) is 1.53. The summed E-state index contributed by atoms with van der Waals surface area (Å²) in [5.74, 6) is -0.842. The second-order valence-electron chi connectivity index (χ2n) is 6.93. The number of halogens is 3. The largest absolute Gasteiger partial charge is 0.497 e. The fourth-order valence-corrected chi connectivity index (χ4v) is 3.78. The van der Waals surface area contributed by atoms with Crippen molar-refractivity contribution in [2.24, 2.45) is 0 Å². The van der Waals surface area contributed by atoms with Gasteiger partial charge in [0.05, 0.1) is 59.6 Å². The summed E-state index contributed by atoms with van der Waals surface area (Å²) in [7, 11) is 3.07. The van der Waals surface area contributed by atoms with Gasteiger partial charge in [-0.15, -0.1) is 0 Å². The number of nitrogens with zero attached hydrogens (tertiary/aromatic N) is 3. The van der Waals surface area contributed by atoms with Crippen molar-refractivity contribution in [2.75, 3.05) is 14.2 Å². The highest BCUT2D eigenvalue weighted by atomic mass is 35.5. The standard InChI is InChI=1S/C23H16ClF2N3O3/c1-31-14-4-3-13(20(7-14)32-2)10-29-11-19-21(23(29)30)15(24)8-18(28-19)22-16(25)5-12(9-27)6-17(22)26/h3-8,11,30H,10H2,1-2H3. The van der Waals surface area contributed by atoms with Gasteiger partial charge in [0.25, 0.3) is 0 Å². The molecule has 0 atom stereocenters. The molecule has 9 heteroatoms. The normalized spacial score (nSPS) is 10.9. The first-order chi connectivity index (χ1) is 15.4. The van der Waals surface area contributed by atoms with Gasteiger partial charge in [-0.1, -0.05) is 11.6 Å². The summed E-state index contributed by atoms with van der Waals surface area (Å²) in [6, 6.07) is 10.1. The van der Waals surface area contributed by atoms with Crippen LogP contribution < -0.4 is 9.47 Å². The molecule has 0 aliphatic rings. The average molecular weight is 456 g/mol. The Hall–Kier alpha value is -3.83. The number of ether oxygens (including phenoxy) is 2. The zero-order chi connectivity index (χ0) is 23.0. The van der Waals surface area contributed by atoms with E-state index in [1.165, 1.54) is 23.9 Å². The van der Waals surface area contributed by atoms with Crippen LogP contribution in [-0.4, -0.2) is 28.9 Å². The van der Waals surface area contributed by atoms with Crippen molar-refractivity contribution in [3.05, 3.63) is 70.4 Å². The molecule has 0 saturated heterocycles. The van der Waals surface area contributed by atoms with Crippen LogP contribution in [0.1, 0.15) is 11.1 Å². The van der Waals surface area contributed by atoms with Crippen molar-refractivity contribution in [3.8, 4) is 34.7 Å². The van der Waals surface area contributed by atoms with Crippen LogP contribution in [0.2, 0.25) is 5.02 Å². The number of benzene rings is 2. The fraction of sp³-hybridized carbons (Fsp3) is 0.130. The van der Waals surface area contributed by atoms with Crippen LogP contribution in [0.15, 0.2) is 42.6 Å². The van der Waals surface area contributed by atoms with Gasteiger partial charge in [0.1, 0.15) is 23.1 Å². The molecule has 1 N–H and O–H groups in total. The van der Waals surface area contributed by atoms with E-state index in [-0.39, 0.29) is 39.6 Å². The van der Waals surface area contributed by atoms with Crippen LogP contribution >= 0.6 is 11.6 Å². The lowest BCUT2D eigenvalue weighted by atomic mass is 10.1. The molecule has 0 bridgehead atoms. The van der Waals surface area contributed by atoms with Gasteiger partial charge in [-0.3, -0.25) is 0 Å². The summed E-state index contributed by atoms with van der Waals surface area (Å²) in [5, 5.41) is 19.9. The van der Waals surface area contributed by atoms with E-state index in [9.17, 15) is 13.9 Å². The quantitative estimate of drug-likeness (QED) is 0.443. The van der Waals surface area contributed by atoms with Crippen LogP contribution in [0.5, 0.6) is 17.4 Å². The lowest BCUT2D eigenvalue weighted by Gasteiger charge is -2.11. The number of rotatable bonds is 5. The number of hydrogen-bond donors (Lipinski definition) is 1. The Kier molecular flexibility index (Phi) is 5.59. The summed E-state index contributed by atoms with van der Waals surface area (Å²) in [6.45, 7) is 0.223. The van der Waals surface area contributed by atoms with Crippen molar-refractivity contribution < 1.29 is 23.4 Å². The van der Waals surface area contributed by atoms with Crippen LogP contribution in [0.4, 0.5) is 8.78 Å². The van der Waals surface area contributed by atoms with Gasteiger partial charge in [0, 0.05) is 17.8 Å². The van der Waals surface area contributed by atoms with Gasteiger partial charge in [-0.05, 0) is 30.3 Å². The molecule has 0 radical (unpaired) electrons. The van der Waals surface area contributed by atoms with E-state index in [1.807, 2.05) is 0 Å². The third-order valence-electron chi connectivity index (χ3n) is 5.04. The average Bonchev–Trinajstić information content (AvgIpc) is 3.08. The van der Waals surface area contributed by atoms with Gasteiger partial charge in [-0.2, -0.15) is 5.26 Å². The first-order valence-corrected chi connectivity index (χ1v) is 9.72. The van der Waals surface area contributed by atoms with Crippen LogP contribution in [0.25, 0.3) is 22.2 Å². The third kappa shape index (κ3) is 3.67. The number of methoxy groups -OCH3 is 2. The van der Waals surface area contributed by atoms with Crippen molar-refractivity contribution in [1.29, 1.82) is 5.26 Å². The Morgan fingerprint density at radius 1 is 1.12 bits per heavy atom. The van der Waals surface area contributed by atoms with Gasteiger partial charge in [0.15, 0.2) is 0 Å². The maximum atomic E-state index is 14.5. The molecule has 0 aliphatic heterocycles. The number of aromatic nitrogens is 2. The van der Waals surface area contributed by atoms with E-state index >= 15 is 0 Å². The Balaban J connectivity index is 1.81. The maximum absolute atomic E-state index is 14.5. The molecular formula is C23H16ClF2N3O3. The predicted molar refractivity (Wildman–Crippen MR) is 115 cm³/mol. The molecule has 0 fully saturated rings. The minimum absolute atomic E-state index is 0.0545. The molecule has 0 amide bonds. The minimum Gasteiger partial charge on any atom is -0.497 e. The molecule has 6 nitrogen and oxygen atoms in total. The van der Waals surface area contributed by atoms with Gasteiger partial charge < -0.3 is 19.1 Å². The number of nitriles is 1. The third-order valence-corrected chi connectivity index (χ3v) is 5.33. The van der Waals surface area contributed by atoms with Crippen LogP contribution in [0, 0.1) is 23.0 Å². The number of hydrogen-bond acceptors (Lipinski definition) is 5. The second kappa shape index (κ2) is 8.36. The van der Waals surface area contributed by atoms with Crippen LogP contribution in [-0.2, 0) is 6.54 Å². The van der Waals surface area contributed by atoms with E-state index in [1.54, 1.807) is 31.4 Å². The predicted octanol–water partition coefficient (Wildman–Crippen LogP) is 5.28. The molecule has 0 spiro atoms. The highest BCUT2D eigenvalue weighted by Crippen LogP contribution is 2.37. The smallest absolute Gasteiger partial charge is 0.202 e. The highest BCUT2D eigenvalue weighted by molar-refractivity contribution is 6.36. The summed E-state index contributed by atoms with van der Waals surface area (Å²) in [4.78, 5) is 4.30. The summed E-state index contributed by atoms with van der Waals surface area (Å²) < 4.78 is 41.1. The highest BCUT2D eigenvalue weighted by Gasteiger charge is 2.20. The zero-order valence-corrected chi connectivity index (χ0v) is 17.7. The first-order valence-electron chi connectivity index (χ1n) is 9.35. The van der Waals surface area contributed by atoms with E-state index in [0.29, 0.717) is 11.5 Å². The molecular weight excluding hydrogens is 440 g/mol.